The van der Waals surface area contributed by atoms with E-state index < -0.39 is 0 Å². The maximum absolute atomic E-state index is 13.2. The van der Waals surface area contributed by atoms with Crippen LogP contribution in [0.5, 0.6) is 0 Å². The van der Waals surface area contributed by atoms with Crippen LogP contribution >= 0.6 is 0 Å². The van der Waals surface area contributed by atoms with Crippen molar-refractivity contribution < 1.29 is 9.13 Å². The fourth-order valence-corrected chi connectivity index (χ4v) is 2.52. The molecule has 1 aliphatic rings. The van der Waals surface area contributed by atoms with Gasteiger partial charge < -0.3 is 10.1 Å². The summed E-state index contributed by atoms with van der Waals surface area (Å²) < 4.78 is 18.8. The summed E-state index contributed by atoms with van der Waals surface area (Å²) >= 11 is 0. The number of halogens is 1. The van der Waals surface area contributed by atoms with Gasteiger partial charge in [-0.15, -0.1) is 0 Å². The molecule has 1 saturated heterocycles. The van der Waals surface area contributed by atoms with Gasteiger partial charge in [0, 0.05) is 18.6 Å². The summed E-state index contributed by atoms with van der Waals surface area (Å²) in [6, 6.07) is 5.50. The standard InChI is InChI=1S/C14H20FNO/c1-10-3-4-13(15)8-11(10)7-12-9-17-6-5-14(12)16-2/h3-4,8,12,14,16H,5-7,9H2,1-2H3. The highest BCUT2D eigenvalue weighted by Crippen LogP contribution is 2.22. The Labute approximate surface area is 102 Å². The minimum atomic E-state index is -0.150. The smallest absolute Gasteiger partial charge is 0.123 e. The van der Waals surface area contributed by atoms with Gasteiger partial charge in [0.05, 0.1) is 6.61 Å². The van der Waals surface area contributed by atoms with Gasteiger partial charge >= 0.3 is 0 Å². The summed E-state index contributed by atoms with van der Waals surface area (Å²) in [5.74, 6) is 0.289. The van der Waals surface area contributed by atoms with Gasteiger partial charge in [-0.25, -0.2) is 4.39 Å². The molecule has 3 heteroatoms. The lowest BCUT2D eigenvalue weighted by atomic mass is 9.88. The zero-order valence-corrected chi connectivity index (χ0v) is 10.5. The van der Waals surface area contributed by atoms with E-state index in [0.29, 0.717) is 12.0 Å². The average Bonchev–Trinajstić information content (AvgIpc) is 2.34. The molecule has 1 aromatic carbocycles. The summed E-state index contributed by atoms with van der Waals surface area (Å²) in [7, 11) is 1.99. The van der Waals surface area contributed by atoms with E-state index in [0.717, 1.165) is 37.2 Å². The Kier molecular flexibility index (Phi) is 4.13. The molecule has 2 atom stereocenters. The molecule has 94 valence electrons. The molecule has 0 spiro atoms. The van der Waals surface area contributed by atoms with Gasteiger partial charge in [-0.1, -0.05) is 6.07 Å². The normalized spacial score (nSPS) is 24.9. The van der Waals surface area contributed by atoms with E-state index >= 15 is 0 Å². The predicted molar refractivity (Wildman–Crippen MR) is 66.6 cm³/mol. The van der Waals surface area contributed by atoms with Gasteiger partial charge in [-0.05, 0) is 50.1 Å². The molecule has 1 N–H and O–H groups in total. The van der Waals surface area contributed by atoms with Crippen LogP contribution in [0.1, 0.15) is 17.5 Å². The molecule has 0 aromatic heterocycles. The zero-order valence-electron chi connectivity index (χ0n) is 10.5. The highest BCUT2D eigenvalue weighted by molar-refractivity contribution is 5.27. The first-order chi connectivity index (χ1) is 8.20. The van der Waals surface area contributed by atoms with Crippen LogP contribution in [0.4, 0.5) is 4.39 Å². The molecule has 1 aliphatic heterocycles. The highest BCUT2D eigenvalue weighted by Gasteiger charge is 2.25. The Hall–Kier alpha value is -0.930. The fourth-order valence-electron chi connectivity index (χ4n) is 2.52. The second-order valence-corrected chi connectivity index (χ2v) is 4.79. The summed E-state index contributed by atoms with van der Waals surface area (Å²) in [5.41, 5.74) is 2.26. The van der Waals surface area contributed by atoms with Crippen molar-refractivity contribution in [1.29, 1.82) is 0 Å². The number of hydrogen-bond acceptors (Lipinski definition) is 2. The SMILES string of the molecule is CNC1CCOCC1Cc1cc(F)ccc1C. The van der Waals surface area contributed by atoms with Gasteiger partial charge in [0.25, 0.3) is 0 Å². The molecule has 0 aliphatic carbocycles. The Morgan fingerprint density at radius 1 is 1.47 bits per heavy atom. The van der Waals surface area contributed by atoms with Crippen molar-refractivity contribution in [3.63, 3.8) is 0 Å². The van der Waals surface area contributed by atoms with Crippen LogP contribution in [0.3, 0.4) is 0 Å². The van der Waals surface area contributed by atoms with E-state index in [2.05, 4.69) is 5.32 Å². The maximum atomic E-state index is 13.2. The third-order valence-electron chi connectivity index (χ3n) is 3.64. The first-order valence-corrected chi connectivity index (χ1v) is 6.20. The maximum Gasteiger partial charge on any atom is 0.123 e. The van der Waals surface area contributed by atoms with E-state index in [1.807, 2.05) is 20.0 Å². The number of benzene rings is 1. The third-order valence-corrected chi connectivity index (χ3v) is 3.64. The summed E-state index contributed by atoms with van der Waals surface area (Å²) in [4.78, 5) is 0. The lowest BCUT2D eigenvalue weighted by Crippen LogP contribution is -2.42. The molecule has 1 fully saturated rings. The van der Waals surface area contributed by atoms with Crippen molar-refractivity contribution in [3.8, 4) is 0 Å². The quantitative estimate of drug-likeness (QED) is 0.871. The van der Waals surface area contributed by atoms with Crippen LogP contribution in [0.2, 0.25) is 0 Å². The largest absolute Gasteiger partial charge is 0.381 e. The summed E-state index contributed by atoms with van der Waals surface area (Å²) in [5, 5.41) is 3.33. The first-order valence-electron chi connectivity index (χ1n) is 6.20. The molecule has 2 rings (SSSR count). The molecular formula is C14H20FNO. The van der Waals surface area contributed by atoms with E-state index in [-0.39, 0.29) is 5.82 Å². The summed E-state index contributed by atoms with van der Waals surface area (Å²) in [6.45, 7) is 3.62. The molecule has 1 aromatic rings. The molecule has 0 amide bonds. The lowest BCUT2D eigenvalue weighted by molar-refractivity contribution is 0.0341. The number of ether oxygens (including phenoxy) is 1. The number of hydrogen-bond donors (Lipinski definition) is 1. The van der Waals surface area contributed by atoms with Crippen molar-refractivity contribution in [3.05, 3.63) is 35.1 Å². The molecule has 2 unspecified atom stereocenters. The van der Waals surface area contributed by atoms with Gasteiger partial charge in [0.1, 0.15) is 5.82 Å². The van der Waals surface area contributed by atoms with E-state index in [1.54, 1.807) is 6.07 Å². The van der Waals surface area contributed by atoms with Gasteiger partial charge in [0.2, 0.25) is 0 Å². The van der Waals surface area contributed by atoms with Crippen molar-refractivity contribution >= 4 is 0 Å². The monoisotopic (exact) mass is 237 g/mol. The molecule has 2 nitrogen and oxygen atoms in total. The van der Waals surface area contributed by atoms with Gasteiger partial charge in [-0.2, -0.15) is 0 Å². The van der Waals surface area contributed by atoms with Crippen LogP contribution in [0.25, 0.3) is 0 Å². The predicted octanol–water partition coefficient (Wildman–Crippen LogP) is 2.30. The van der Waals surface area contributed by atoms with Crippen LogP contribution in [-0.4, -0.2) is 26.3 Å². The fraction of sp³-hybridized carbons (Fsp3) is 0.571. The van der Waals surface area contributed by atoms with Gasteiger partial charge in [0.15, 0.2) is 0 Å². The van der Waals surface area contributed by atoms with E-state index in [1.165, 1.54) is 6.07 Å². The number of aryl methyl sites for hydroxylation is 1. The number of rotatable bonds is 3. The zero-order chi connectivity index (χ0) is 12.3. The van der Waals surface area contributed by atoms with Crippen molar-refractivity contribution in [2.24, 2.45) is 5.92 Å². The van der Waals surface area contributed by atoms with Gasteiger partial charge in [-0.3, -0.25) is 0 Å². The van der Waals surface area contributed by atoms with Crippen molar-refractivity contribution in [2.45, 2.75) is 25.8 Å². The molecule has 0 bridgehead atoms. The minimum Gasteiger partial charge on any atom is -0.381 e. The molecular weight excluding hydrogens is 217 g/mol. The second-order valence-electron chi connectivity index (χ2n) is 4.79. The highest BCUT2D eigenvalue weighted by atomic mass is 19.1. The summed E-state index contributed by atoms with van der Waals surface area (Å²) in [6.07, 6.45) is 1.92. The Bertz CT molecular complexity index is 380. The third kappa shape index (κ3) is 3.05. The average molecular weight is 237 g/mol. The Morgan fingerprint density at radius 3 is 3.06 bits per heavy atom. The molecule has 17 heavy (non-hydrogen) atoms. The lowest BCUT2D eigenvalue weighted by Gasteiger charge is -2.31. The molecule has 0 radical (unpaired) electrons. The van der Waals surface area contributed by atoms with E-state index in [9.17, 15) is 4.39 Å². The molecule has 1 heterocycles. The number of nitrogens with one attached hydrogen (secondary N) is 1. The van der Waals surface area contributed by atoms with Crippen LogP contribution in [0, 0.1) is 18.7 Å². The van der Waals surface area contributed by atoms with Crippen LogP contribution in [0.15, 0.2) is 18.2 Å². The van der Waals surface area contributed by atoms with Crippen LogP contribution in [-0.2, 0) is 11.2 Å². The van der Waals surface area contributed by atoms with Crippen LogP contribution < -0.4 is 5.32 Å². The Balaban J connectivity index is 2.10. The topological polar surface area (TPSA) is 21.3 Å². The second kappa shape index (κ2) is 5.61. The van der Waals surface area contributed by atoms with E-state index in [4.69, 9.17) is 4.74 Å². The minimum absolute atomic E-state index is 0.150. The van der Waals surface area contributed by atoms with Crippen molar-refractivity contribution in [1.82, 2.24) is 5.32 Å². The Morgan fingerprint density at radius 2 is 2.29 bits per heavy atom. The van der Waals surface area contributed by atoms with Crippen molar-refractivity contribution in [2.75, 3.05) is 20.3 Å². The molecule has 0 saturated carbocycles. The first kappa shape index (κ1) is 12.5.